The topological polar surface area (TPSA) is 64.6 Å². The van der Waals surface area contributed by atoms with E-state index >= 15 is 0 Å². The molecule has 0 fully saturated rings. The SMILES string of the molecule is COc1cc(C[C@@H](C)NC(=O)C(F)(F)F)c(OC)cc1CCSC(C)=O. The average molecular weight is 393 g/mol. The Kier molecular flexibility index (Phi) is 8.26. The standard InChI is InChI=1S/C17H22F3NO4S/c1-10(21-16(23)17(18,19)20)7-13-9-14(24-3)12(8-15(13)25-4)5-6-26-11(2)22/h8-10H,5-7H2,1-4H3,(H,21,23)/t10-/m1/s1. The molecule has 0 radical (unpaired) electrons. The smallest absolute Gasteiger partial charge is 0.471 e. The van der Waals surface area contributed by atoms with E-state index in [-0.39, 0.29) is 11.5 Å². The first kappa shape index (κ1) is 22.1. The van der Waals surface area contributed by atoms with E-state index in [9.17, 15) is 22.8 Å². The van der Waals surface area contributed by atoms with E-state index in [1.165, 1.54) is 39.8 Å². The summed E-state index contributed by atoms with van der Waals surface area (Å²) in [5.74, 6) is -0.360. The van der Waals surface area contributed by atoms with E-state index in [1.54, 1.807) is 12.1 Å². The average Bonchev–Trinajstić information content (AvgIpc) is 2.54. The van der Waals surface area contributed by atoms with Gasteiger partial charge >= 0.3 is 12.1 Å². The maximum absolute atomic E-state index is 12.4. The van der Waals surface area contributed by atoms with Gasteiger partial charge in [-0.1, -0.05) is 11.8 Å². The summed E-state index contributed by atoms with van der Waals surface area (Å²) in [7, 11) is 2.94. The van der Waals surface area contributed by atoms with Gasteiger partial charge in [0, 0.05) is 18.7 Å². The second kappa shape index (κ2) is 9.70. The molecule has 0 aliphatic carbocycles. The molecule has 0 bridgehead atoms. The zero-order valence-electron chi connectivity index (χ0n) is 15.0. The predicted octanol–water partition coefficient (Wildman–Crippen LogP) is 3.14. The number of hydrogen-bond acceptors (Lipinski definition) is 5. The van der Waals surface area contributed by atoms with Crippen LogP contribution in [-0.2, 0) is 22.4 Å². The third kappa shape index (κ3) is 6.78. The summed E-state index contributed by atoms with van der Waals surface area (Å²) in [4.78, 5) is 22.1. The van der Waals surface area contributed by atoms with Gasteiger partial charge in [-0.2, -0.15) is 13.2 Å². The summed E-state index contributed by atoms with van der Waals surface area (Å²) in [5, 5.41) is 1.93. The molecule has 0 saturated heterocycles. The molecule has 0 aliphatic rings. The molecule has 0 aliphatic heterocycles. The van der Waals surface area contributed by atoms with Crippen molar-refractivity contribution < 1.29 is 32.2 Å². The minimum absolute atomic E-state index is 0.0155. The van der Waals surface area contributed by atoms with Crippen LogP contribution in [0.25, 0.3) is 0 Å². The van der Waals surface area contributed by atoms with Crippen molar-refractivity contribution in [1.29, 1.82) is 0 Å². The lowest BCUT2D eigenvalue weighted by Gasteiger charge is -2.19. The normalized spacial score (nSPS) is 12.4. The van der Waals surface area contributed by atoms with Gasteiger partial charge in [-0.3, -0.25) is 9.59 Å². The molecule has 1 amide bonds. The van der Waals surface area contributed by atoms with Gasteiger partial charge in [-0.15, -0.1) is 0 Å². The van der Waals surface area contributed by atoms with Gasteiger partial charge in [-0.05, 0) is 43.0 Å². The van der Waals surface area contributed by atoms with Gasteiger partial charge in [0.15, 0.2) is 5.12 Å². The van der Waals surface area contributed by atoms with Crippen molar-refractivity contribution in [2.45, 2.75) is 38.9 Å². The number of carbonyl (C=O) groups is 2. The Morgan fingerprint density at radius 2 is 1.69 bits per heavy atom. The molecule has 146 valence electrons. The third-order valence-corrected chi connectivity index (χ3v) is 4.34. The first-order valence-electron chi connectivity index (χ1n) is 7.83. The molecule has 0 unspecified atom stereocenters. The quantitative estimate of drug-likeness (QED) is 0.735. The second-order valence-corrected chi connectivity index (χ2v) is 6.91. The number of halogens is 3. The highest BCUT2D eigenvalue weighted by Gasteiger charge is 2.39. The zero-order valence-corrected chi connectivity index (χ0v) is 15.8. The van der Waals surface area contributed by atoms with Crippen LogP contribution in [0, 0.1) is 0 Å². The maximum atomic E-state index is 12.4. The number of amides is 1. The van der Waals surface area contributed by atoms with E-state index in [2.05, 4.69) is 0 Å². The van der Waals surface area contributed by atoms with Crippen LogP contribution < -0.4 is 14.8 Å². The summed E-state index contributed by atoms with van der Waals surface area (Å²) in [6.45, 7) is 2.97. The van der Waals surface area contributed by atoms with Crippen molar-refractivity contribution in [3.63, 3.8) is 0 Å². The fourth-order valence-electron chi connectivity index (χ4n) is 2.37. The number of nitrogens with one attached hydrogen (secondary N) is 1. The van der Waals surface area contributed by atoms with Gasteiger partial charge in [0.25, 0.3) is 0 Å². The lowest BCUT2D eigenvalue weighted by Crippen LogP contribution is -2.42. The predicted molar refractivity (Wildman–Crippen MR) is 93.8 cm³/mol. The van der Waals surface area contributed by atoms with Gasteiger partial charge in [0.2, 0.25) is 0 Å². The van der Waals surface area contributed by atoms with E-state index in [4.69, 9.17) is 9.47 Å². The molecule has 1 rings (SSSR count). The number of aryl methyl sites for hydroxylation is 1. The Hall–Kier alpha value is -1.90. The van der Waals surface area contributed by atoms with Gasteiger partial charge in [0.05, 0.1) is 14.2 Å². The summed E-state index contributed by atoms with van der Waals surface area (Å²) >= 11 is 1.19. The molecule has 5 nitrogen and oxygen atoms in total. The summed E-state index contributed by atoms with van der Waals surface area (Å²) in [6.07, 6.45) is -4.21. The van der Waals surface area contributed by atoms with Crippen LogP contribution in [0.2, 0.25) is 0 Å². The first-order valence-corrected chi connectivity index (χ1v) is 8.81. The minimum atomic E-state index is -4.92. The largest absolute Gasteiger partial charge is 0.496 e. The Morgan fingerprint density at radius 3 is 2.19 bits per heavy atom. The van der Waals surface area contributed by atoms with Crippen molar-refractivity contribution in [1.82, 2.24) is 5.32 Å². The van der Waals surface area contributed by atoms with Crippen LogP contribution in [0.5, 0.6) is 11.5 Å². The molecule has 1 aromatic carbocycles. The van der Waals surface area contributed by atoms with Crippen LogP contribution in [0.4, 0.5) is 13.2 Å². The van der Waals surface area contributed by atoms with Crippen LogP contribution in [-0.4, -0.2) is 43.2 Å². The number of carbonyl (C=O) groups excluding carboxylic acids is 2. The molecule has 0 spiro atoms. The van der Waals surface area contributed by atoms with Gasteiger partial charge in [0.1, 0.15) is 11.5 Å². The third-order valence-electron chi connectivity index (χ3n) is 3.52. The molecular formula is C17H22F3NO4S. The number of thioether (sulfide) groups is 1. The van der Waals surface area contributed by atoms with Crippen LogP contribution >= 0.6 is 11.8 Å². The minimum Gasteiger partial charge on any atom is -0.496 e. The van der Waals surface area contributed by atoms with Crippen molar-refractivity contribution in [3.8, 4) is 11.5 Å². The number of methoxy groups -OCH3 is 2. The Labute approximate surface area is 154 Å². The second-order valence-electron chi connectivity index (χ2n) is 5.64. The zero-order chi connectivity index (χ0) is 19.9. The molecule has 9 heteroatoms. The van der Waals surface area contributed by atoms with Crippen LogP contribution in [0.1, 0.15) is 25.0 Å². The number of benzene rings is 1. The monoisotopic (exact) mass is 393 g/mol. The van der Waals surface area contributed by atoms with Crippen LogP contribution in [0.3, 0.4) is 0 Å². The molecule has 1 atom stereocenters. The Bertz CT molecular complexity index is 650. The molecule has 0 heterocycles. The van der Waals surface area contributed by atoms with E-state index in [1.807, 2.05) is 5.32 Å². The molecular weight excluding hydrogens is 371 g/mol. The molecule has 0 aromatic heterocycles. The molecule has 0 saturated carbocycles. The van der Waals surface area contributed by atoms with E-state index in [0.717, 1.165) is 5.56 Å². The van der Waals surface area contributed by atoms with Crippen LogP contribution in [0.15, 0.2) is 12.1 Å². The van der Waals surface area contributed by atoms with Crippen molar-refractivity contribution >= 4 is 22.8 Å². The van der Waals surface area contributed by atoms with Gasteiger partial charge in [-0.25, -0.2) is 0 Å². The first-order chi connectivity index (χ1) is 12.1. The lowest BCUT2D eigenvalue weighted by atomic mass is 10.0. The van der Waals surface area contributed by atoms with E-state index in [0.29, 0.717) is 29.2 Å². The fraction of sp³-hybridized carbons (Fsp3) is 0.529. The molecule has 1 N–H and O–H groups in total. The number of rotatable bonds is 8. The van der Waals surface area contributed by atoms with Crippen molar-refractivity contribution in [3.05, 3.63) is 23.3 Å². The molecule has 26 heavy (non-hydrogen) atoms. The number of ether oxygens (including phenoxy) is 2. The highest BCUT2D eigenvalue weighted by Crippen LogP contribution is 2.31. The molecule has 1 aromatic rings. The van der Waals surface area contributed by atoms with Gasteiger partial charge < -0.3 is 14.8 Å². The Morgan fingerprint density at radius 1 is 1.15 bits per heavy atom. The van der Waals surface area contributed by atoms with E-state index < -0.39 is 18.1 Å². The lowest BCUT2D eigenvalue weighted by molar-refractivity contribution is -0.174. The van der Waals surface area contributed by atoms with Crippen molar-refractivity contribution in [2.24, 2.45) is 0 Å². The Balaban J connectivity index is 2.94. The summed E-state index contributed by atoms with van der Waals surface area (Å²) in [6, 6.07) is 2.68. The highest BCUT2D eigenvalue weighted by molar-refractivity contribution is 8.13. The fourth-order valence-corrected chi connectivity index (χ4v) is 2.98. The summed E-state index contributed by atoms with van der Waals surface area (Å²) < 4.78 is 47.7. The summed E-state index contributed by atoms with van der Waals surface area (Å²) in [5.41, 5.74) is 1.44. The van der Waals surface area contributed by atoms with Crippen molar-refractivity contribution in [2.75, 3.05) is 20.0 Å². The maximum Gasteiger partial charge on any atom is 0.471 e. The highest BCUT2D eigenvalue weighted by atomic mass is 32.2. The number of hydrogen-bond donors (Lipinski definition) is 1. The number of alkyl halides is 3.